The molecule has 2 aromatic rings. The number of fused-ring (bicyclic) bond motifs is 1. The van der Waals surface area contributed by atoms with Gasteiger partial charge in [0.15, 0.2) is 0 Å². The molecular formula is C15H12BrN3O4S. The predicted molar refractivity (Wildman–Crippen MR) is 91.9 cm³/mol. The number of nitro groups is 1. The fourth-order valence-corrected chi connectivity index (χ4v) is 4.15. The van der Waals surface area contributed by atoms with E-state index in [0.717, 1.165) is 13.6 Å². The Kier molecular flexibility index (Phi) is 4.48. The zero-order chi connectivity index (χ0) is 17.4. The predicted octanol–water partition coefficient (Wildman–Crippen LogP) is 3.10. The van der Waals surface area contributed by atoms with E-state index in [9.17, 15) is 19.7 Å². The maximum absolute atomic E-state index is 12.5. The largest absolute Gasteiger partial charge is 0.283 e. The van der Waals surface area contributed by atoms with Crippen LogP contribution in [-0.2, 0) is 6.54 Å². The minimum atomic E-state index is -0.638. The summed E-state index contributed by atoms with van der Waals surface area (Å²) in [7, 11) is 1.78. The van der Waals surface area contributed by atoms with Gasteiger partial charge in [0, 0.05) is 17.5 Å². The number of amides is 2. The number of nitrogens with zero attached hydrogens (tertiary/aromatic N) is 3. The normalized spacial score (nSPS) is 13.7. The van der Waals surface area contributed by atoms with E-state index in [1.807, 2.05) is 17.0 Å². The molecule has 124 valence electrons. The molecule has 0 fully saturated rings. The smallest absolute Gasteiger partial charge is 0.282 e. The summed E-state index contributed by atoms with van der Waals surface area (Å²) in [4.78, 5) is 39.3. The molecule has 2 amide bonds. The number of carbonyl (C=O) groups is 2. The van der Waals surface area contributed by atoms with E-state index >= 15 is 0 Å². The first kappa shape index (κ1) is 16.7. The van der Waals surface area contributed by atoms with Crippen LogP contribution in [0, 0.1) is 10.1 Å². The van der Waals surface area contributed by atoms with Crippen LogP contribution in [0.15, 0.2) is 34.1 Å². The van der Waals surface area contributed by atoms with Crippen LogP contribution in [0.25, 0.3) is 0 Å². The molecule has 0 N–H and O–H groups in total. The first-order chi connectivity index (χ1) is 11.4. The molecule has 0 spiro atoms. The zero-order valence-electron chi connectivity index (χ0n) is 12.6. The summed E-state index contributed by atoms with van der Waals surface area (Å²) < 4.78 is 1.00. The number of benzene rings is 1. The molecule has 0 bridgehead atoms. The molecule has 0 atom stereocenters. The number of nitro benzene ring substituents is 1. The van der Waals surface area contributed by atoms with Gasteiger partial charge in [-0.25, -0.2) is 0 Å². The molecular weight excluding hydrogens is 398 g/mol. The molecule has 1 aromatic heterocycles. The fraction of sp³-hybridized carbons (Fsp3) is 0.200. The van der Waals surface area contributed by atoms with Gasteiger partial charge in [-0.3, -0.25) is 29.5 Å². The first-order valence-corrected chi connectivity index (χ1v) is 8.56. The second-order valence-electron chi connectivity index (χ2n) is 5.36. The Bertz CT molecular complexity index is 851. The molecule has 3 rings (SSSR count). The quantitative estimate of drug-likeness (QED) is 0.430. The number of thiophene rings is 1. The van der Waals surface area contributed by atoms with E-state index in [2.05, 4.69) is 15.9 Å². The van der Waals surface area contributed by atoms with Crippen molar-refractivity contribution in [3.8, 4) is 0 Å². The molecule has 1 aliphatic heterocycles. The first-order valence-electron chi connectivity index (χ1n) is 6.95. The monoisotopic (exact) mass is 409 g/mol. The Morgan fingerprint density at radius 2 is 2.00 bits per heavy atom. The van der Waals surface area contributed by atoms with Crippen LogP contribution in [0.1, 0.15) is 25.6 Å². The van der Waals surface area contributed by atoms with Gasteiger partial charge in [-0.15, -0.1) is 11.3 Å². The molecule has 0 unspecified atom stereocenters. The topological polar surface area (TPSA) is 83.8 Å². The molecule has 0 saturated heterocycles. The third kappa shape index (κ3) is 2.97. The van der Waals surface area contributed by atoms with E-state index in [0.29, 0.717) is 6.54 Å². The number of halogens is 1. The molecule has 2 heterocycles. The van der Waals surface area contributed by atoms with Gasteiger partial charge in [0.05, 0.1) is 20.9 Å². The number of hydrogen-bond donors (Lipinski definition) is 0. The lowest BCUT2D eigenvalue weighted by molar-refractivity contribution is -0.385. The van der Waals surface area contributed by atoms with Crippen LogP contribution in [0.4, 0.5) is 5.69 Å². The van der Waals surface area contributed by atoms with Gasteiger partial charge in [-0.05, 0) is 41.2 Å². The minimum Gasteiger partial charge on any atom is -0.283 e. The summed E-state index contributed by atoms with van der Waals surface area (Å²) in [6, 6.07) is 7.98. The maximum Gasteiger partial charge on any atom is 0.282 e. The lowest BCUT2D eigenvalue weighted by Gasteiger charge is -2.22. The van der Waals surface area contributed by atoms with Crippen LogP contribution in [0.2, 0.25) is 0 Å². The second-order valence-corrected chi connectivity index (χ2v) is 7.90. The lowest BCUT2D eigenvalue weighted by Crippen LogP contribution is -2.39. The highest BCUT2D eigenvalue weighted by atomic mass is 79.9. The number of imide groups is 1. The number of carbonyl (C=O) groups excluding carboxylic acids is 2. The van der Waals surface area contributed by atoms with Crippen molar-refractivity contribution in [2.75, 3.05) is 13.7 Å². The summed E-state index contributed by atoms with van der Waals surface area (Å²) in [5.74, 6) is -1.13. The van der Waals surface area contributed by atoms with E-state index < -0.39 is 16.7 Å². The highest BCUT2D eigenvalue weighted by Gasteiger charge is 2.41. The highest BCUT2D eigenvalue weighted by Crippen LogP contribution is 2.31. The SMILES string of the molecule is CN(Cc1ccc(Br)s1)CN1C(=O)c2cccc([N+](=O)[O-])c2C1=O. The van der Waals surface area contributed by atoms with Crippen molar-refractivity contribution in [2.24, 2.45) is 0 Å². The average molecular weight is 410 g/mol. The summed E-state index contributed by atoms with van der Waals surface area (Å²) in [6.45, 7) is 0.630. The highest BCUT2D eigenvalue weighted by molar-refractivity contribution is 9.11. The molecule has 0 aliphatic carbocycles. The van der Waals surface area contributed by atoms with E-state index in [4.69, 9.17) is 0 Å². The van der Waals surface area contributed by atoms with Gasteiger partial charge in [0.2, 0.25) is 0 Å². The van der Waals surface area contributed by atoms with Gasteiger partial charge >= 0.3 is 0 Å². The number of rotatable bonds is 5. The average Bonchev–Trinajstić information content (AvgIpc) is 3.04. The number of hydrogen-bond acceptors (Lipinski definition) is 6. The summed E-state index contributed by atoms with van der Waals surface area (Å²) in [6.07, 6.45) is 0. The van der Waals surface area contributed by atoms with Crippen molar-refractivity contribution in [1.29, 1.82) is 0 Å². The van der Waals surface area contributed by atoms with E-state index in [-0.39, 0.29) is 23.5 Å². The van der Waals surface area contributed by atoms with Crippen LogP contribution in [0.3, 0.4) is 0 Å². The van der Waals surface area contributed by atoms with Crippen LogP contribution in [-0.4, -0.2) is 40.3 Å². The van der Waals surface area contributed by atoms with Gasteiger partial charge in [0.1, 0.15) is 5.56 Å². The van der Waals surface area contributed by atoms with Crippen molar-refractivity contribution in [3.63, 3.8) is 0 Å². The molecule has 7 nitrogen and oxygen atoms in total. The lowest BCUT2D eigenvalue weighted by atomic mass is 10.1. The second kappa shape index (κ2) is 6.42. The van der Waals surface area contributed by atoms with Crippen molar-refractivity contribution >= 4 is 44.8 Å². The molecule has 0 radical (unpaired) electrons. The molecule has 1 aliphatic rings. The van der Waals surface area contributed by atoms with Crippen molar-refractivity contribution < 1.29 is 14.5 Å². The Morgan fingerprint density at radius 1 is 1.25 bits per heavy atom. The molecule has 9 heteroatoms. The van der Waals surface area contributed by atoms with Gasteiger partial charge < -0.3 is 0 Å². The van der Waals surface area contributed by atoms with Crippen molar-refractivity contribution in [1.82, 2.24) is 9.80 Å². The van der Waals surface area contributed by atoms with E-state index in [1.165, 1.54) is 18.2 Å². The molecule has 1 aromatic carbocycles. The summed E-state index contributed by atoms with van der Waals surface area (Å²) in [5, 5.41) is 11.1. The summed E-state index contributed by atoms with van der Waals surface area (Å²) >= 11 is 4.95. The fourth-order valence-electron chi connectivity index (χ4n) is 2.59. The Balaban J connectivity index is 1.81. The van der Waals surface area contributed by atoms with Gasteiger partial charge in [-0.1, -0.05) is 6.07 Å². The zero-order valence-corrected chi connectivity index (χ0v) is 15.0. The third-order valence-corrected chi connectivity index (χ3v) is 5.22. The van der Waals surface area contributed by atoms with Gasteiger partial charge in [-0.2, -0.15) is 0 Å². The maximum atomic E-state index is 12.5. The van der Waals surface area contributed by atoms with Crippen molar-refractivity contribution in [3.05, 3.63) is 60.2 Å². The van der Waals surface area contributed by atoms with E-state index in [1.54, 1.807) is 18.4 Å². The Hall–Kier alpha value is -2.10. The summed E-state index contributed by atoms with van der Waals surface area (Å²) in [5.41, 5.74) is -0.376. The third-order valence-electron chi connectivity index (χ3n) is 3.61. The van der Waals surface area contributed by atoms with Crippen LogP contribution >= 0.6 is 27.3 Å². The van der Waals surface area contributed by atoms with Crippen LogP contribution in [0.5, 0.6) is 0 Å². The van der Waals surface area contributed by atoms with Crippen molar-refractivity contribution in [2.45, 2.75) is 6.54 Å². The Morgan fingerprint density at radius 3 is 2.62 bits per heavy atom. The standard InChI is InChI=1S/C15H12BrN3O4S/c1-17(7-9-5-6-12(16)24-9)8-18-14(20)10-3-2-4-11(19(22)23)13(10)15(18)21/h2-6H,7-8H2,1H3. The van der Waals surface area contributed by atoms with Gasteiger partial charge in [0.25, 0.3) is 17.5 Å². The molecule has 24 heavy (non-hydrogen) atoms. The Labute approximate surface area is 149 Å². The molecule has 0 saturated carbocycles. The van der Waals surface area contributed by atoms with Crippen LogP contribution < -0.4 is 0 Å². The minimum absolute atomic E-state index is 0.0685.